The Hall–Kier alpha value is -2.12. The van der Waals surface area contributed by atoms with Crippen LogP contribution in [0.2, 0.25) is 5.02 Å². The Morgan fingerprint density at radius 3 is 3.13 bits per heavy atom. The van der Waals surface area contributed by atoms with Gasteiger partial charge in [0.15, 0.2) is 5.82 Å². The van der Waals surface area contributed by atoms with Gasteiger partial charge in [0.05, 0.1) is 25.1 Å². The van der Waals surface area contributed by atoms with E-state index in [1.54, 1.807) is 25.3 Å². The Labute approximate surface area is 139 Å². The number of benzene rings is 1. The predicted octanol–water partition coefficient (Wildman–Crippen LogP) is 2.87. The fourth-order valence-corrected chi connectivity index (χ4v) is 2.54. The second kappa shape index (κ2) is 7.43. The molecule has 8 heteroatoms. The van der Waals surface area contributed by atoms with Crippen LogP contribution < -0.4 is 15.4 Å². The number of nitrogens with zero attached hydrogens (tertiary/aromatic N) is 3. The van der Waals surface area contributed by atoms with Crippen molar-refractivity contribution in [3.63, 3.8) is 0 Å². The molecule has 0 saturated carbocycles. The van der Waals surface area contributed by atoms with Crippen LogP contribution in [0.3, 0.4) is 0 Å². The van der Waals surface area contributed by atoms with E-state index in [4.69, 9.17) is 21.1 Å². The molecular weight excluding hydrogens is 318 g/mol. The number of nitrogens with one attached hydrogen (secondary N) is 2. The van der Waals surface area contributed by atoms with Crippen molar-refractivity contribution in [3.05, 3.63) is 29.4 Å². The highest BCUT2D eigenvalue weighted by Gasteiger charge is 2.15. The normalized spacial score (nSPS) is 17.0. The molecule has 0 spiro atoms. The molecule has 3 rings (SSSR count). The minimum Gasteiger partial charge on any atom is -0.495 e. The van der Waals surface area contributed by atoms with E-state index in [2.05, 4.69) is 25.8 Å². The summed E-state index contributed by atoms with van der Waals surface area (Å²) in [6.45, 7) is 1.49. The van der Waals surface area contributed by atoms with Gasteiger partial charge in [-0.2, -0.15) is 10.1 Å². The van der Waals surface area contributed by atoms with E-state index < -0.39 is 0 Å². The molecule has 0 radical (unpaired) electrons. The third kappa shape index (κ3) is 4.20. The lowest BCUT2D eigenvalue weighted by Gasteiger charge is -2.12. The summed E-state index contributed by atoms with van der Waals surface area (Å²) in [6.07, 6.45) is 3.90. The lowest BCUT2D eigenvalue weighted by molar-refractivity contribution is 0.120. The summed E-state index contributed by atoms with van der Waals surface area (Å²) in [7, 11) is 1.60. The standard InChI is InChI=1S/C15H18ClN5O2/c1-22-13-5-4-10(16)7-12(13)19-14-9-18-21-15(20-14)17-8-11-3-2-6-23-11/h4-5,7,9,11H,2-3,6,8H2,1H3,(H2,17,19,20,21). The number of aromatic nitrogens is 3. The third-order valence-electron chi connectivity index (χ3n) is 3.49. The second-order valence-corrected chi connectivity index (χ2v) is 5.59. The average Bonchev–Trinajstić information content (AvgIpc) is 3.07. The third-order valence-corrected chi connectivity index (χ3v) is 3.73. The number of methoxy groups -OCH3 is 1. The monoisotopic (exact) mass is 335 g/mol. The highest BCUT2D eigenvalue weighted by molar-refractivity contribution is 6.31. The summed E-state index contributed by atoms with van der Waals surface area (Å²) in [5, 5.41) is 14.8. The van der Waals surface area contributed by atoms with E-state index in [9.17, 15) is 0 Å². The molecule has 2 heterocycles. The summed E-state index contributed by atoms with van der Waals surface area (Å²) in [4.78, 5) is 4.38. The lowest BCUT2D eigenvalue weighted by Crippen LogP contribution is -2.20. The van der Waals surface area contributed by atoms with Gasteiger partial charge in [0.25, 0.3) is 0 Å². The maximum atomic E-state index is 6.02. The number of ether oxygens (including phenoxy) is 2. The smallest absolute Gasteiger partial charge is 0.244 e. The van der Waals surface area contributed by atoms with Crippen LogP contribution in [0.4, 0.5) is 17.5 Å². The first-order chi connectivity index (χ1) is 11.2. The van der Waals surface area contributed by atoms with Gasteiger partial charge >= 0.3 is 0 Å². The largest absolute Gasteiger partial charge is 0.495 e. The van der Waals surface area contributed by atoms with Crippen molar-refractivity contribution in [2.75, 3.05) is 30.9 Å². The van der Waals surface area contributed by atoms with Crippen molar-refractivity contribution in [2.45, 2.75) is 18.9 Å². The zero-order valence-corrected chi connectivity index (χ0v) is 13.5. The molecule has 0 amide bonds. The van der Waals surface area contributed by atoms with Gasteiger partial charge in [0.2, 0.25) is 5.95 Å². The Bertz CT molecular complexity index is 664. The molecule has 122 valence electrons. The zero-order valence-electron chi connectivity index (χ0n) is 12.8. The van der Waals surface area contributed by atoms with Gasteiger partial charge < -0.3 is 20.1 Å². The summed E-state index contributed by atoms with van der Waals surface area (Å²) < 4.78 is 10.9. The highest BCUT2D eigenvalue weighted by Crippen LogP contribution is 2.29. The van der Waals surface area contributed by atoms with Gasteiger partial charge in [0.1, 0.15) is 5.75 Å². The van der Waals surface area contributed by atoms with Crippen LogP contribution in [0.25, 0.3) is 0 Å². The average molecular weight is 336 g/mol. The van der Waals surface area contributed by atoms with Crippen LogP contribution in [0.15, 0.2) is 24.4 Å². The molecule has 1 saturated heterocycles. The van der Waals surface area contributed by atoms with Crippen LogP contribution in [0, 0.1) is 0 Å². The molecule has 0 aliphatic carbocycles. The van der Waals surface area contributed by atoms with Crippen LogP contribution in [-0.4, -0.2) is 41.5 Å². The van der Waals surface area contributed by atoms with E-state index in [0.29, 0.717) is 34.8 Å². The molecule has 7 nitrogen and oxygen atoms in total. The van der Waals surface area contributed by atoms with E-state index in [1.165, 1.54) is 6.20 Å². The molecule has 23 heavy (non-hydrogen) atoms. The molecule has 2 aromatic rings. The topological polar surface area (TPSA) is 81.2 Å². The Balaban J connectivity index is 1.68. The van der Waals surface area contributed by atoms with Crippen molar-refractivity contribution in [2.24, 2.45) is 0 Å². The summed E-state index contributed by atoms with van der Waals surface area (Å²) in [5.74, 6) is 1.67. The number of hydrogen-bond acceptors (Lipinski definition) is 7. The zero-order chi connectivity index (χ0) is 16.1. The Kier molecular flexibility index (Phi) is 5.09. The lowest BCUT2D eigenvalue weighted by atomic mass is 10.2. The first-order valence-corrected chi connectivity index (χ1v) is 7.78. The highest BCUT2D eigenvalue weighted by atomic mass is 35.5. The van der Waals surface area contributed by atoms with Gasteiger partial charge in [-0.1, -0.05) is 11.6 Å². The molecule has 2 N–H and O–H groups in total. The SMILES string of the molecule is COc1ccc(Cl)cc1Nc1cnnc(NCC2CCCO2)n1. The minimum absolute atomic E-state index is 0.211. The molecule has 1 unspecified atom stereocenters. The van der Waals surface area contributed by atoms with Crippen LogP contribution >= 0.6 is 11.6 Å². The minimum atomic E-state index is 0.211. The summed E-state index contributed by atoms with van der Waals surface area (Å²) >= 11 is 6.02. The van der Waals surface area contributed by atoms with Gasteiger partial charge in [-0.15, -0.1) is 5.10 Å². The van der Waals surface area contributed by atoms with Crippen LogP contribution in [0.1, 0.15) is 12.8 Å². The molecule has 0 bridgehead atoms. The Morgan fingerprint density at radius 1 is 1.43 bits per heavy atom. The number of halogens is 1. The van der Waals surface area contributed by atoms with E-state index in [1.807, 2.05) is 0 Å². The molecule has 1 atom stereocenters. The van der Waals surface area contributed by atoms with Crippen molar-refractivity contribution < 1.29 is 9.47 Å². The van der Waals surface area contributed by atoms with Crippen LogP contribution in [0.5, 0.6) is 5.75 Å². The maximum Gasteiger partial charge on any atom is 0.244 e. The number of rotatable bonds is 6. The van der Waals surface area contributed by atoms with Crippen LogP contribution in [-0.2, 0) is 4.74 Å². The molecule has 1 aromatic carbocycles. The fourth-order valence-electron chi connectivity index (χ4n) is 2.36. The predicted molar refractivity (Wildman–Crippen MR) is 88.6 cm³/mol. The molecule has 1 aliphatic rings. The summed E-state index contributed by atoms with van der Waals surface area (Å²) in [6, 6.07) is 5.32. The van der Waals surface area contributed by atoms with Crippen molar-refractivity contribution in [1.29, 1.82) is 0 Å². The van der Waals surface area contributed by atoms with Crippen molar-refractivity contribution in [1.82, 2.24) is 15.2 Å². The number of hydrogen-bond donors (Lipinski definition) is 2. The van der Waals surface area contributed by atoms with E-state index in [-0.39, 0.29) is 6.10 Å². The van der Waals surface area contributed by atoms with E-state index in [0.717, 1.165) is 19.4 Å². The fraction of sp³-hybridized carbons (Fsp3) is 0.400. The Morgan fingerprint density at radius 2 is 2.35 bits per heavy atom. The summed E-state index contributed by atoms with van der Waals surface area (Å²) in [5.41, 5.74) is 0.713. The second-order valence-electron chi connectivity index (χ2n) is 5.15. The first kappa shape index (κ1) is 15.8. The van der Waals surface area contributed by atoms with Gasteiger partial charge in [-0.3, -0.25) is 0 Å². The van der Waals surface area contributed by atoms with Crippen molar-refractivity contribution >= 4 is 29.1 Å². The van der Waals surface area contributed by atoms with Crippen molar-refractivity contribution in [3.8, 4) is 5.75 Å². The first-order valence-electron chi connectivity index (χ1n) is 7.40. The molecule has 1 aromatic heterocycles. The van der Waals surface area contributed by atoms with E-state index >= 15 is 0 Å². The molecule has 1 aliphatic heterocycles. The molecule has 1 fully saturated rings. The van der Waals surface area contributed by atoms with Gasteiger partial charge in [-0.25, -0.2) is 0 Å². The number of anilines is 3. The molecular formula is C15H18ClN5O2. The maximum absolute atomic E-state index is 6.02. The van der Waals surface area contributed by atoms with Gasteiger partial charge in [0, 0.05) is 18.2 Å². The quantitative estimate of drug-likeness (QED) is 0.840. The van der Waals surface area contributed by atoms with Gasteiger partial charge in [-0.05, 0) is 31.0 Å².